The zero-order valence-corrected chi connectivity index (χ0v) is 16.6. The first kappa shape index (κ1) is 20.0. The van der Waals surface area contributed by atoms with Gasteiger partial charge in [-0.3, -0.25) is 19.0 Å². The van der Waals surface area contributed by atoms with Crippen LogP contribution in [0.1, 0.15) is 39.4 Å². The van der Waals surface area contributed by atoms with Crippen LogP contribution in [0.15, 0.2) is 12.4 Å². The number of hydrogen-bond donors (Lipinski definition) is 1. The van der Waals surface area contributed by atoms with Crippen LogP contribution in [0.2, 0.25) is 0 Å². The third kappa shape index (κ3) is 4.56. The number of aryl methyl sites for hydroxylation is 1. The van der Waals surface area contributed by atoms with E-state index in [9.17, 15) is 9.59 Å². The Morgan fingerprint density at radius 2 is 2.21 bits per heavy atom. The first-order chi connectivity index (χ1) is 13.5. The lowest BCUT2D eigenvalue weighted by molar-refractivity contribution is 0.0658. The van der Waals surface area contributed by atoms with E-state index in [0.717, 1.165) is 25.1 Å². The fourth-order valence-electron chi connectivity index (χ4n) is 3.39. The Labute approximate surface area is 163 Å². The Morgan fingerprint density at radius 1 is 1.39 bits per heavy atom. The Kier molecular flexibility index (Phi) is 6.40. The molecule has 1 atom stereocenters. The van der Waals surface area contributed by atoms with Gasteiger partial charge in [0.1, 0.15) is 0 Å². The van der Waals surface area contributed by atoms with Crippen molar-refractivity contribution >= 4 is 11.8 Å². The molecule has 1 saturated heterocycles. The molecular weight excluding hydrogens is 362 g/mol. The SMILES string of the molecule is COCCNC(=O)c1cn(C[C@@H]2CCCN(C(=O)c3cnn(C)c3C)C2)nn1. The minimum absolute atomic E-state index is 0.0205. The highest BCUT2D eigenvalue weighted by Gasteiger charge is 2.27. The molecule has 0 bridgehead atoms. The molecule has 1 fully saturated rings. The van der Waals surface area contributed by atoms with Crippen molar-refractivity contribution < 1.29 is 14.3 Å². The van der Waals surface area contributed by atoms with Crippen LogP contribution in [0.25, 0.3) is 0 Å². The van der Waals surface area contributed by atoms with E-state index in [1.54, 1.807) is 28.9 Å². The molecule has 0 spiro atoms. The molecule has 10 heteroatoms. The molecule has 152 valence electrons. The molecule has 0 saturated carbocycles. The number of nitrogens with zero attached hydrogens (tertiary/aromatic N) is 6. The summed E-state index contributed by atoms with van der Waals surface area (Å²) in [5.41, 5.74) is 1.80. The molecule has 0 aromatic carbocycles. The highest BCUT2D eigenvalue weighted by molar-refractivity contribution is 5.95. The van der Waals surface area contributed by atoms with Crippen molar-refractivity contribution in [1.29, 1.82) is 0 Å². The van der Waals surface area contributed by atoms with Gasteiger partial charge in [-0.05, 0) is 25.7 Å². The second kappa shape index (κ2) is 8.96. The molecular formula is C18H27N7O3. The third-order valence-electron chi connectivity index (χ3n) is 5.08. The average Bonchev–Trinajstić information content (AvgIpc) is 3.29. The standard InChI is InChI=1S/C18H27N7O3/c1-13-15(9-20-23(13)2)18(27)24-7-4-5-14(10-24)11-25-12-16(21-22-25)17(26)19-6-8-28-3/h9,12,14H,4-8,10-11H2,1-3H3,(H,19,26)/t14-/m1/s1. The van der Waals surface area contributed by atoms with Crippen molar-refractivity contribution in [2.24, 2.45) is 13.0 Å². The second-order valence-corrected chi connectivity index (χ2v) is 7.10. The van der Waals surface area contributed by atoms with Gasteiger partial charge in [-0.1, -0.05) is 5.21 Å². The number of nitrogens with one attached hydrogen (secondary N) is 1. The van der Waals surface area contributed by atoms with Crippen molar-refractivity contribution in [1.82, 2.24) is 35.0 Å². The Balaban J connectivity index is 1.57. The zero-order valence-electron chi connectivity index (χ0n) is 16.6. The highest BCUT2D eigenvalue weighted by atomic mass is 16.5. The number of carbonyl (C=O) groups is 2. The van der Waals surface area contributed by atoms with Crippen molar-refractivity contribution in [3.05, 3.63) is 29.3 Å². The van der Waals surface area contributed by atoms with Crippen molar-refractivity contribution in [2.75, 3.05) is 33.4 Å². The maximum Gasteiger partial charge on any atom is 0.273 e. The number of amides is 2. The molecule has 28 heavy (non-hydrogen) atoms. The normalized spacial score (nSPS) is 17.0. The number of rotatable bonds is 7. The molecule has 1 aliphatic rings. The van der Waals surface area contributed by atoms with Gasteiger partial charge in [0, 0.05) is 46.0 Å². The Morgan fingerprint density at radius 3 is 2.93 bits per heavy atom. The van der Waals surface area contributed by atoms with Crippen LogP contribution in [0, 0.1) is 12.8 Å². The fourth-order valence-corrected chi connectivity index (χ4v) is 3.39. The van der Waals surface area contributed by atoms with Crippen molar-refractivity contribution in [3.63, 3.8) is 0 Å². The van der Waals surface area contributed by atoms with E-state index in [0.29, 0.717) is 31.8 Å². The molecule has 2 amide bonds. The van der Waals surface area contributed by atoms with Crippen LogP contribution < -0.4 is 5.32 Å². The number of hydrogen-bond acceptors (Lipinski definition) is 6. The fraction of sp³-hybridized carbons (Fsp3) is 0.611. The minimum Gasteiger partial charge on any atom is -0.383 e. The summed E-state index contributed by atoms with van der Waals surface area (Å²) in [4.78, 5) is 26.7. The maximum atomic E-state index is 12.8. The van der Waals surface area contributed by atoms with Crippen LogP contribution in [-0.2, 0) is 18.3 Å². The molecule has 0 aliphatic carbocycles. The summed E-state index contributed by atoms with van der Waals surface area (Å²) >= 11 is 0. The summed E-state index contributed by atoms with van der Waals surface area (Å²) in [5, 5.41) is 14.9. The van der Waals surface area contributed by atoms with E-state index >= 15 is 0 Å². The first-order valence-corrected chi connectivity index (χ1v) is 9.44. The van der Waals surface area contributed by atoms with Crippen LogP contribution in [0.5, 0.6) is 0 Å². The lowest BCUT2D eigenvalue weighted by Gasteiger charge is -2.32. The lowest BCUT2D eigenvalue weighted by atomic mass is 9.97. The van der Waals surface area contributed by atoms with Crippen LogP contribution in [0.4, 0.5) is 0 Å². The van der Waals surface area contributed by atoms with E-state index < -0.39 is 0 Å². The van der Waals surface area contributed by atoms with Gasteiger partial charge in [-0.15, -0.1) is 5.10 Å². The van der Waals surface area contributed by atoms with Gasteiger partial charge >= 0.3 is 0 Å². The van der Waals surface area contributed by atoms with Gasteiger partial charge in [0.15, 0.2) is 5.69 Å². The topological polar surface area (TPSA) is 107 Å². The smallest absolute Gasteiger partial charge is 0.273 e. The molecule has 0 unspecified atom stereocenters. The molecule has 3 rings (SSSR count). The number of aromatic nitrogens is 5. The van der Waals surface area contributed by atoms with Crippen molar-refractivity contribution in [2.45, 2.75) is 26.3 Å². The summed E-state index contributed by atoms with van der Waals surface area (Å²) in [5.74, 6) is 0.0173. The number of ether oxygens (including phenoxy) is 1. The van der Waals surface area contributed by atoms with E-state index in [1.165, 1.54) is 0 Å². The first-order valence-electron chi connectivity index (χ1n) is 9.44. The summed E-state index contributed by atoms with van der Waals surface area (Å²) in [6.07, 6.45) is 5.22. The molecule has 10 nitrogen and oxygen atoms in total. The Hall–Kier alpha value is -2.75. The maximum absolute atomic E-state index is 12.8. The molecule has 1 aliphatic heterocycles. The largest absolute Gasteiger partial charge is 0.383 e. The summed E-state index contributed by atoms with van der Waals surface area (Å²) in [6, 6.07) is 0. The molecule has 1 N–H and O–H groups in total. The van der Waals surface area contributed by atoms with Gasteiger partial charge in [0.25, 0.3) is 11.8 Å². The molecule has 3 heterocycles. The molecule has 2 aromatic heterocycles. The van der Waals surface area contributed by atoms with Gasteiger partial charge in [0.2, 0.25) is 0 Å². The number of piperidine rings is 1. The molecule has 2 aromatic rings. The van der Waals surface area contributed by atoms with Gasteiger partial charge in [0.05, 0.1) is 24.6 Å². The zero-order chi connectivity index (χ0) is 20.1. The average molecular weight is 389 g/mol. The highest BCUT2D eigenvalue weighted by Crippen LogP contribution is 2.21. The van der Waals surface area contributed by atoms with Crippen molar-refractivity contribution in [3.8, 4) is 0 Å². The van der Waals surface area contributed by atoms with E-state index in [1.807, 2.05) is 18.9 Å². The number of carbonyl (C=O) groups excluding carboxylic acids is 2. The number of methoxy groups -OCH3 is 1. The molecule has 0 radical (unpaired) electrons. The van der Waals surface area contributed by atoms with Gasteiger partial charge < -0.3 is 15.0 Å². The van der Waals surface area contributed by atoms with E-state index in [4.69, 9.17) is 4.74 Å². The number of likely N-dealkylation sites (tertiary alicyclic amines) is 1. The predicted octanol–water partition coefficient (Wildman–Crippen LogP) is 0.249. The van der Waals surface area contributed by atoms with Crippen LogP contribution in [-0.4, -0.2) is 74.8 Å². The summed E-state index contributed by atoms with van der Waals surface area (Å²) in [6.45, 7) is 4.79. The summed E-state index contributed by atoms with van der Waals surface area (Å²) in [7, 11) is 3.41. The van der Waals surface area contributed by atoms with Crippen LogP contribution in [0.3, 0.4) is 0 Å². The predicted molar refractivity (Wildman–Crippen MR) is 101 cm³/mol. The van der Waals surface area contributed by atoms with Crippen LogP contribution >= 0.6 is 0 Å². The quantitative estimate of drug-likeness (QED) is 0.680. The van der Waals surface area contributed by atoms with E-state index in [-0.39, 0.29) is 23.4 Å². The monoisotopic (exact) mass is 389 g/mol. The lowest BCUT2D eigenvalue weighted by Crippen LogP contribution is -2.41. The van der Waals surface area contributed by atoms with E-state index in [2.05, 4.69) is 20.7 Å². The summed E-state index contributed by atoms with van der Waals surface area (Å²) < 4.78 is 8.30. The third-order valence-corrected chi connectivity index (χ3v) is 5.08. The minimum atomic E-state index is -0.268. The van der Waals surface area contributed by atoms with Gasteiger partial charge in [-0.2, -0.15) is 5.10 Å². The second-order valence-electron chi connectivity index (χ2n) is 7.10. The Bertz CT molecular complexity index is 829. The van der Waals surface area contributed by atoms with Gasteiger partial charge in [-0.25, -0.2) is 0 Å².